The van der Waals surface area contributed by atoms with Crippen LogP contribution in [0.25, 0.3) is 0 Å². The van der Waals surface area contributed by atoms with Gasteiger partial charge < -0.3 is 9.84 Å². The van der Waals surface area contributed by atoms with Crippen molar-refractivity contribution in [2.24, 2.45) is 0 Å². The molecule has 4 heteroatoms. The smallest absolute Gasteiger partial charge is 0.326 e. The van der Waals surface area contributed by atoms with Gasteiger partial charge in [0.15, 0.2) is 4.93 Å². The van der Waals surface area contributed by atoms with Crippen LogP contribution in [-0.4, -0.2) is 20.8 Å². The lowest BCUT2D eigenvalue weighted by Crippen LogP contribution is -2.35. The number of carbonyl (C=O) groups is 1. The van der Waals surface area contributed by atoms with Crippen LogP contribution in [0.1, 0.15) is 32.4 Å². The highest BCUT2D eigenvalue weighted by Crippen LogP contribution is 2.51. The first-order valence-electron chi connectivity index (χ1n) is 5.52. The maximum atomic E-state index is 11.9. The van der Waals surface area contributed by atoms with Gasteiger partial charge in [0.2, 0.25) is 0 Å². The Labute approximate surface area is 105 Å². The van der Waals surface area contributed by atoms with Gasteiger partial charge in [0.05, 0.1) is 0 Å². The van der Waals surface area contributed by atoms with Gasteiger partial charge in [-0.1, -0.05) is 42.1 Å². The zero-order chi connectivity index (χ0) is 12.7. The SMILES string of the molecule is CC1(C)OC(=O)C(C)(C(O)c2ccccc2)S1. The summed E-state index contributed by atoms with van der Waals surface area (Å²) in [6.07, 6.45) is -0.858. The molecule has 1 aliphatic heterocycles. The summed E-state index contributed by atoms with van der Waals surface area (Å²) in [5, 5.41) is 10.4. The van der Waals surface area contributed by atoms with Crippen molar-refractivity contribution in [3.63, 3.8) is 0 Å². The molecule has 17 heavy (non-hydrogen) atoms. The van der Waals surface area contributed by atoms with E-state index < -0.39 is 15.8 Å². The topological polar surface area (TPSA) is 46.5 Å². The summed E-state index contributed by atoms with van der Waals surface area (Å²) in [4.78, 5) is 11.3. The summed E-state index contributed by atoms with van der Waals surface area (Å²) in [5.74, 6) is -0.358. The molecule has 0 spiro atoms. The molecule has 0 aliphatic carbocycles. The molecule has 0 saturated carbocycles. The number of carbonyl (C=O) groups excluding carboxylic acids is 1. The number of hydrogen-bond acceptors (Lipinski definition) is 4. The van der Waals surface area contributed by atoms with Crippen molar-refractivity contribution in [1.29, 1.82) is 0 Å². The minimum Gasteiger partial charge on any atom is -0.447 e. The molecule has 2 atom stereocenters. The first-order valence-corrected chi connectivity index (χ1v) is 6.33. The van der Waals surface area contributed by atoms with Gasteiger partial charge in [-0.15, -0.1) is 0 Å². The van der Waals surface area contributed by atoms with Gasteiger partial charge in [-0.2, -0.15) is 0 Å². The third-order valence-corrected chi connectivity index (χ3v) is 4.23. The quantitative estimate of drug-likeness (QED) is 0.821. The van der Waals surface area contributed by atoms with E-state index >= 15 is 0 Å². The average molecular weight is 252 g/mol. The van der Waals surface area contributed by atoms with Crippen LogP contribution in [0, 0.1) is 0 Å². The largest absolute Gasteiger partial charge is 0.447 e. The Morgan fingerprint density at radius 3 is 2.29 bits per heavy atom. The molecule has 0 aromatic heterocycles. The Morgan fingerprint density at radius 2 is 1.82 bits per heavy atom. The van der Waals surface area contributed by atoms with E-state index in [1.165, 1.54) is 11.8 Å². The normalized spacial score (nSPS) is 28.8. The molecule has 1 aliphatic rings. The van der Waals surface area contributed by atoms with Gasteiger partial charge in [0.25, 0.3) is 0 Å². The van der Waals surface area contributed by atoms with E-state index in [-0.39, 0.29) is 5.97 Å². The number of aliphatic hydroxyl groups is 1. The molecule has 1 aromatic rings. The first-order chi connectivity index (χ1) is 7.85. The van der Waals surface area contributed by atoms with Crippen LogP contribution in [0.3, 0.4) is 0 Å². The Kier molecular flexibility index (Phi) is 2.96. The summed E-state index contributed by atoms with van der Waals surface area (Å²) in [5.41, 5.74) is 0.733. The molecular weight excluding hydrogens is 236 g/mol. The van der Waals surface area contributed by atoms with Gasteiger partial charge in [-0.05, 0) is 26.3 Å². The van der Waals surface area contributed by atoms with Gasteiger partial charge in [0.1, 0.15) is 10.9 Å². The molecular formula is C13H16O3S. The molecule has 92 valence electrons. The molecule has 3 nitrogen and oxygen atoms in total. The monoisotopic (exact) mass is 252 g/mol. The Bertz CT molecular complexity index is 430. The van der Waals surface area contributed by atoms with E-state index in [1.54, 1.807) is 6.92 Å². The Balaban J connectivity index is 2.31. The second kappa shape index (κ2) is 4.03. The van der Waals surface area contributed by atoms with Gasteiger partial charge >= 0.3 is 5.97 Å². The predicted molar refractivity (Wildman–Crippen MR) is 67.6 cm³/mol. The zero-order valence-corrected chi connectivity index (χ0v) is 11.0. The van der Waals surface area contributed by atoms with E-state index in [0.717, 1.165) is 5.56 Å². The minimum atomic E-state index is -0.940. The van der Waals surface area contributed by atoms with E-state index in [2.05, 4.69) is 0 Å². The van der Waals surface area contributed by atoms with Gasteiger partial charge in [-0.3, -0.25) is 4.79 Å². The molecule has 2 unspecified atom stereocenters. The van der Waals surface area contributed by atoms with Crippen LogP contribution in [-0.2, 0) is 9.53 Å². The number of benzene rings is 1. The van der Waals surface area contributed by atoms with E-state index in [0.29, 0.717) is 0 Å². The van der Waals surface area contributed by atoms with Crippen molar-refractivity contribution in [3.05, 3.63) is 35.9 Å². The lowest BCUT2D eigenvalue weighted by Gasteiger charge is -2.26. The van der Waals surface area contributed by atoms with E-state index in [4.69, 9.17) is 4.74 Å². The summed E-state index contributed by atoms with van der Waals surface area (Å²) in [6.45, 7) is 5.39. The van der Waals surface area contributed by atoms with Crippen molar-refractivity contribution in [3.8, 4) is 0 Å². The highest BCUT2D eigenvalue weighted by molar-refractivity contribution is 8.03. The van der Waals surface area contributed by atoms with Crippen LogP contribution in [0.15, 0.2) is 30.3 Å². The average Bonchev–Trinajstić information content (AvgIpc) is 2.48. The maximum absolute atomic E-state index is 11.9. The van der Waals surface area contributed by atoms with Crippen molar-refractivity contribution < 1.29 is 14.6 Å². The third kappa shape index (κ3) is 2.19. The molecule has 1 N–H and O–H groups in total. The van der Waals surface area contributed by atoms with Crippen molar-refractivity contribution in [2.75, 3.05) is 0 Å². The van der Waals surface area contributed by atoms with E-state index in [9.17, 15) is 9.90 Å². The van der Waals surface area contributed by atoms with Crippen LogP contribution in [0.5, 0.6) is 0 Å². The number of thioether (sulfide) groups is 1. The molecule has 2 rings (SSSR count). The number of hydrogen-bond donors (Lipinski definition) is 1. The lowest BCUT2D eigenvalue weighted by molar-refractivity contribution is -0.151. The third-order valence-electron chi connectivity index (χ3n) is 2.84. The first kappa shape index (κ1) is 12.5. The fourth-order valence-corrected chi connectivity index (χ4v) is 3.53. The summed E-state index contributed by atoms with van der Waals surface area (Å²) in [7, 11) is 0. The second-order valence-electron chi connectivity index (χ2n) is 4.81. The standard InChI is InChI=1S/C13H16O3S/c1-12(2)16-11(15)13(3,17-12)10(14)9-7-5-4-6-8-9/h4-8,10,14H,1-3H3. The summed E-state index contributed by atoms with van der Waals surface area (Å²) in [6, 6.07) is 9.20. The lowest BCUT2D eigenvalue weighted by atomic mass is 9.96. The number of esters is 1. The Hall–Kier alpha value is -1.00. The highest BCUT2D eigenvalue weighted by atomic mass is 32.2. The maximum Gasteiger partial charge on any atom is 0.326 e. The van der Waals surface area contributed by atoms with Crippen LogP contribution < -0.4 is 0 Å². The van der Waals surface area contributed by atoms with Gasteiger partial charge in [-0.25, -0.2) is 0 Å². The van der Waals surface area contributed by atoms with Crippen molar-refractivity contribution in [2.45, 2.75) is 36.6 Å². The fraction of sp³-hybridized carbons (Fsp3) is 0.462. The van der Waals surface area contributed by atoms with Crippen LogP contribution in [0.4, 0.5) is 0 Å². The number of aliphatic hydroxyl groups excluding tert-OH is 1. The number of rotatable bonds is 2. The molecule has 1 saturated heterocycles. The Morgan fingerprint density at radius 1 is 1.24 bits per heavy atom. The summed E-state index contributed by atoms with van der Waals surface area (Å²) < 4.78 is 4.33. The highest BCUT2D eigenvalue weighted by Gasteiger charge is 2.55. The minimum absolute atomic E-state index is 0.358. The fourth-order valence-electron chi connectivity index (χ4n) is 2.02. The predicted octanol–water partition coefficient (Wildman–Crippen LogP) is 2.50. The molecule has 1 aromatic carbocycles. The molecule has 1 fully saturated rings. The molecule has 0 bridgehead atoms. The number of cyclic esters (lactones) is 1. The van der Waals surface area contributed by atoms with Crippen molar-refractivity contribution in [1.82, 2.24) is 0 Å². The summed E-state index contributed by atoms with van der Waals surface area (Å²) >= 11 is 1.36. The van der Waals surface area contributed by atoms with E-state index in [1.807, 2.05) is 44.2 Å². The molecule has 0 radical (unpaired) electrons. The van der Waals surface area contributed by atoms with Crippen molar-refractivity contribution >= 4 is 17.7 Å². The van der Waals surface area contributed by atoms with Crippen LogP contribution >= 0.6 is 11.8 Å². The second-order valence-corrected chi connectivity index (χ2v) is 6.85. The van der Waals surface area contributed by atoms with Gasteiger partial charge in [0, 0.05) is 0 Å². The number of ether oxygens (including phenoxy) is 1. The molecule has 0 amide bonds. The van der Waals surface area contributed by atoms with Crippen LogP contribution in [0.2, 0.25) is 0 Å². The molecule has 1 heterocycles. The zero-order valence-electron chi connectivity index (χ0n) is 10.1.